The van der Waals surface area contributed by atoms with Gasteiger partial charge in [-0.15, -0.1) is 0 Å². The van der Waals surface area contributed by atoms with Gasteiger partial charge in [-0.25, -0.2) is 15.0 Å². The maximum atomic E-state index is 11.2. The smallest absolute Gasteiger partial charge is 0.307 e. The number of aliphatic carboxylic acids is 1. The van der Waals surface area contributed by atoms with Gasteiger partial charge in [0.2, 0.25) is 5.95 Å². The Balaban J connectivity index is 1.49. The van der Waals surface area contributed by atoms with Crippen molar-refractivity contribution in [3.63, 3.8) is 0 Å². The molecule has 0 radical (unpaired) electrons. The van der Waals surface area contributed by atoms with Gasteiger partial charge in [0.05, 0.1) is 24.4 Å². The Morgan fingerprint density at radius 3 is 2.69 bits per heavy atom. The topological polar surface area (TPSA) is 97.2 Å². The number of carboxylic acids is 1. The van der Waals surface area contributed by atoms with Crippen LogP contribution < -0.4 is 10.1 Å². The van der Waals surface area contributed by atoms with Gasteiger partial charge in [0.1, 0.15) is 5.75 Å². The van der Waals surface area contributed by atoms with Crippen molar-refractivity contribution < 1.29 is 14.6 Å². The molecule has 1 fully saturated rings. The van der Waals surface area contributed by atoms with E-state index in [-0.39, 0.29) is 5.92 Å². The molecule has 7 heteroatoms. The fourth-order valence-electron chi connectivity index (χ4n) is 3.39. The number of anilines is 1. The molecule has 4 rings (SSSR count). The van der Waals surface area contributed by atoms with Crippen LogP contribution in [0.2, 0.25) is 0 Å². The van der Waals surface area contributed by atoms with E-state index in [0.717, 1.165) is 11.1 Å². The molecule has 0 unspecified atom stereocenters. The predicted octanol–water partition coefficient (Wildman–Crippen LogP) is 3.66. The number of hydrogen-bond donors (Lipinski definition) is 2. The molecule has 2 aromatic heterocycles. The first-order valence-electron chi connectivity index (χ1n) is 9.44. The largest absolute Gasteiger partial charge is 0.495 e. The monoisotopic (exact) mass is 390 g/mol. The molecule has 2 atom stereocenters. The number of carbonyl (C=O) groups is 1. The van der Waals surface area contributed by atoms with E-state index in [2.05, 4.69) is 45.4 Å². The van der Waals surface area contributed by atoms with E-state index in [0.29, 0.717) is 36.1 Å². The second-order valence-corrected chi connectivity index (χ2v) is 7.21. The molecule has 7 nitrogen and oxygen atoms in total. The molecule has 1 aromatic carbocycles. The third-order valence-electron chi connectivity index (χ3n) is 5.05. The molecule has 3 aromatic rings. The third kappa shape index (κ3) is 4.18. The number of hydrogen-bond acceptors (Lipinski definition) is 6. The Hall–Kier alpha value is -3.48. The first kappa shape index (κ1) is 18.9. The zero-order chi connectivity index (χ0) is 20.4. The van der Waals surface area contributed by atoms with E-state index < -0.39 is 11.9 Å². The van der Waals surface area contributed by atoms with Crippen LogP contribution in [0.15, 0.2) is 48.8 Å². The van der Waals surface area contributed by atoms with Gasteiger partial charge in [0, 0.05) is 30.4 Å². The fraction of sp³-hybridized carbons (Fsp3) is 0.273. The number of ether oxygens (including phenoxy) is 1. The standard InChI is InChI=1S/C22H22N4O3/c1-13-4-3-5-14(8-13)10-23-22-24-11-15(12-25-22)18-6-7-19(29-2)20(26-18)16-9-17(16)21(27)28/h3-8,11-12,16-17H,9-10H2,1-2H3,(H,27,28)(H,23,24,25)/t16-,17-/m0/s1. The average molecular weight is 390 g/mol. The summed E-state index contributed by atoms with van der Waals surface area (Å²) in [7, 11) is 1.57. The summed E-state index contributed by atoms with van der Waals surface area (Å²) in [6, 6.07) is 11.9. The van der Waals surface area contributed by atoms with Gasteiger partial charge in [0.15, 0.2) is 0 Å². The molecule has 2 N–H and O–H groups in total. The van der Waals surface area contributed by atoms with Gasteiger partial charge in [-0.1, -0.05) is 29.8 Å². The van der Waals surface area contributed by atoms with Gasteiger partial charge in [-0.2, -0.15) is 0 Å². The predicted molar refractivity (Wildman–Crippen MR) is 109 cm³/mol. The van der Waals surface area contributed by atoms with Gasteiger partial charge in [-0.05, 0) is 31.0 Å². The zero-order valence-electron chi connectivity index (χ0n) is 16.3. The number of methoxy groups -OCH3 is 1. The summed E-state index contributed by atoms with van der Waals surface area (Å²) in [6.07, 6.45) is 4.01. The molecule has 0 aliphatic heterocycles. The summed E-state index contributed by atoms with van der Waals surface area (Å²) >= 11 is 0. The SMILES string of the molecule is COc1ccc(-c2cnc(NCc3cccc(C)c3)nc2)nc1[C@H]1C[C@@H]1C(=O)O. The molecule has 148 valence electrons. The van der Waals surface area contributed by atoms with E-state index >= 15 is 0 Å². The molecule has 1 saturated carbocycles. The Labute approximate surface area is 168 Å². The van der Waals surface area contributed by atoms with Crippen molar-refractivity contribution in [1.82, 2.24) is 15.0 Å². The molecule has 0 amide bonds. The van der Waals surface area contributed by atoms with Gasteiger partial charge in [0.25, 0.3) is 0 Å². The van der Waals surface area contributed by atoms with Crippen molar-refractivity contribution in [1.29, 1.82) is 0 Å². The number of benzene rings is 1. The Kier molecular flexibility index (Phi) is 5.12. The number of aryl methyl sites for hydroxylation is 1. The normalized spacial score (nSPS) is 17.6. The molecule has 2 heterocycles. The quantitative estimate of drug-likeness (QED) is 0.635. The van der Waals surface area contributed by atoms with Crippen molar-refractivity contribution in [2.24, 2.45) is 5.92 Å². The van der Waals surface area contributed by atoms with E-state index in [1.165, 1.54) is 5.56 Å². The van der Waals surface area contributed by atoms with Crippen molar-refractivity contribution in [2.45, 2.75) is 25.8 Å². The first-order valence-corrected chi connectivity index (χ1v) is 9.44. The second-order valence-electron chi connectivity index (χ2n) is 7.21. The van der Waals surface area contributed by atoms with Crippen LogP contribution in [0.5, 0.6) is 5.75 Å². The summed E-state index contributed by atoms with van der Waals surface area (Å²) in [5, 5.41) is 12.4. The molecule has 29 heavy (non-hydrogen) atoms. The number of carboxylic acid groups (broad SMARTS) is 1. The lowest BCUT2D eigenvalue weighted by molar-refractivity contribution is -0.138. The van der Waals surface area contributed by atoms with E-state index in [9.17, 15) is 9.90 Å². The molecular weight excluding hydrogens is 368 g/mol. The molecule has 0 spiro atoms. The van der Waals surface area contributed by atoms with Gasteiger partial charge < -0.3 is 15.2 Å². The molecule has 0 saturated heterocycles. The summed E-state index contributed by atoms with van der Waals surface area (Å²) in [5.41, 5.74) is 4.52. The highest BCUT2D eigenvalue weighted by Crippen LogP contribution is 2.50. The highest BCUT2D eigenvalue weighted by atomic mass is 16.5. The third-order valence-corrected chi connectivity index (χ3v) is 5.05. The van der Waals surface area contributed by atoms with Crippen LogP contribution in [0, 0.1) is 12.8 Å². The lowest BCUT2D eigenvalue weighted by atomic mass is 10.1. The maximum Gasteiger partial charge on any atom is 0.307 e. The minimum Gasteiger partial charge on any atom is -0.495 e. The minimum absolute atomic E-state index is 0.112. The highest BCUT2D eigenvalue weighted by Gasteiger charge is 2.46. The number of rotatable bonds is 7. The summed E-state index contributed by atoms with van der Waals surface area (Å²) < 4.78 is 5.37. The molecule has 0 bridgehead atoms. The van der Waals surface area contributed by atoms with E-state index in [1.807, 2.05) is 18.2 Å². The van der Waals surface area contributed by atoms with Crippen molar-refractivity contribution in [3.8, 4) is 17.0 Å². The number of nitrogens with zero attached hydrogens (tertiary/aromatic N) is 3. The van der Waals surface area contributed by atoms with Crippen LogP contribution in [0.3, 0.4) is 0 Å². The number of nitrogens with one attached hydrogen (secondary N) is 1. The fourth-order valence-corrected chi connectivity index (χ4v) is 3.39. The Bertz CT molecular complexity index is 1040. The molecule has 1 aliphatic carbocycles. The van der Waals surface area contributed by atoms with E-state index in [1.54, 1.807) is 19.5 Å². The van der Waals surface area contributed by atoms with Gasteiger partial charge in [-0.3, -0.25) is 4.79 Å². The van der Waals surface area contributed by atoms with Crippen molar-refractivity contribution in [2.75, 3.05) is 12.4 Å². The average Bonchev–Trinajstić information content (AvgIpc) is 3.53. The van der Waals surface area contributed by atoms with Crippen LogP contribution in [0.25, 0.3) is 11.3 Å². The van der Waals surface area contributed by atoms with Crippen LogP contribution in [-0.2, 0) is 11.3 Å². The number of aromatic nitrogens is 3. The second kappa shape index (κ2) is 7.87. The van der Waals surface area contributed by atoms with Gasteiger partial charge >= 0.3 is 5.97 Å². The van der Waals surface area contributed by atoms with Crippen LogP contribution >= 0.6 is 0 Å². The van der Waals surface area contributed by atoms with Crippen LogP contribution in [-0.4, -0.2) is 33.1 Å². The highest BCUT2D eigenvalue weighted by molar-refractivity contribution is 5.75. The summed E-state index contributed by atoms with van der Waals surface area (Å²) in [5.74, 6) is -0.150. The number of pyridine rings is 1. The Morgan fingerprint density at radius 2 is 2.03 bits per heavy atom. The Morgan fingerprint density at radius 1 is 1.24 bits per heavy atom. The van der Waals surface area contributed by atoms with Crippen molar-refractivity contribution in [3.05, 3.63) is 65.6 Å². The van der Waals surface area contributed by atoms with Crippen LogP contribution in [0.4, 0.5) is 5.95 Å². The zero-order valence-corrected chi connectivity index (χ0v) is 16.3. The molecular formula is C22H22N4O3. The minimum atomic E-state index is -0.795. The first-order chi connectivity index (χ1) is 14.0. The molecule has 1 aliphatic rings. The van der Waals surface area contributed by atoms with E-state index in [4.69, 9.17) is 4.74 Å². The maximum absolute atomic E-state index is 11.2. The summed E-state index contributed by atoms with van der Waals surface area (Å²) in [6.45, 7) is 2.70. The van der Waals surface area contributed by atoms with Crippen LogP contribution in [0.1, 0.15) is 29.2 Å². The summed E-state index contributed by atoms with van der Waals surface area (Å²) in [4.78, 5) is 24.6. The lowest BCUT2D eigenvalue weighted by Gasteiger charge is -2.10. The lowest BCUT2D eigenvalue weighted by Crippen LogP contribution is -2.04. The van der Waals surface area contributed by atoms with Crippen molar-refractivity contribution >= 4 is 11.9 Å².